The van der Waals surface area contributed by atoms with Gasteiger partial charge in [0.15, 0.2) is 0 Å². The number of rotatable bonds is 1. The van der Waals surface area contributed by atoms with E-state index < -0.39 is 6.17 Å². The zero-order valence-electron chi connectivity index (χ0n) is 8.99. The van der Waals surface area contributed by atoms with Gasteiger partial charge in [0.05, 0.1) is 6.54 Å². The third-order valence-electron chi connectivity index (χ3n) is 2.90. The summed E-state index contributed by atoms with van der Waals surface area (Å²) in [5, 5.41) is 0. The first-order chi connectivity index (χ1) is 7.58. The standard InChI is InChI=1S/C12H13F2NO/c1-8-6-15(7-11(8)14)12(16)9-2-4-10(13)5-3-9/h2-5,8,11H,6-7H2,1H3/t8-,11+/m1/s1. The summed E-state index contributed by atoms with van der Waals surface area (Å²) in [5.74, 6) is -0.730. The van der Waals surface area contributed by atoms with E-state index in [1.807, 2.05) is 0 Å². The second-order valence-corrected chi connectivity index (χ2v) is 4.21. The maximum atomic E-state index is 13.3. The van der Waals surface area contributed by atoms with Gasteiger partial charge in [-0.25, -0.2) is 8.78 Å². The quantitative estimate of drug-likeness (QED) is 0.718. The molecule has 0 unspecified atom stereocenters. The molecule has 0 aliphatic carbocycles. The Hall–Kier alpha value is -1.45. The van der Waals surface area contributed by atoms with Crippen LogP contribution in [0.25, 0.3) is 0 Å². The number of hydrogen-bond donors (Lipinski definition) is 0. The molecule has 0 radical (unpaired) electrons. The fourth-order valence-electron chi connectivity index (χ4n) is 1.87. The topological polar surface area (TPSA) is 20.3 Å². The van der Waals surface area contributed by atoms with Gasteiger partial charge in [-0.15, -0.1) is 0 Å². The summed E-state index contributed by atoms with van der Waals surface area (Å²) in [7, 11) is 0. The van der Waals surface area contributed by atoms with Crippen LogP contribution >= 0.6 is 0 Å². The first kappa shape index (κ1) is 11.0. The predicted octanol–water partition coefficient (Wildman–Crippen LogP) is 2.26. The first-order valence-electron chi connectivity index (χ1n) is 5.27. The van der Waals surface area contributed by atoms with Crippen molar-refractivity contribution >= 4 is 5.91 Å². The number of amides is 1. The van der Waals surface area contributed by atoms with E-state index in [1.165, 1.54) is 29.2 Å². The van der Waals surface area contributed by atoms with Crippen molar-refractivity contribution in [3.8, 4) is 0 Å². The molecule has 1 aromatic carbocycles. The highest BCUT2D eigenvalue weighted by Crippen LogP contribution is 2.21. The molecule has 0 spiro atoms. The zero-order chi connectivity index (χ0) is 11.7. The second-order valence-electron chi connectivity index (χ2n) is 4.21. The average molecular weight is 225 g/mol. The number of halogens is 2. The van der Waals surface area contributed by atoms with Crippen molar-refractivity contribution in [1.29, 1.82) is 0 Å². The van der Waals surface area contributed by atoms with Crippen LogP contribution in [-0.4, -0.2) is 30.1 Å². The Labute approximate surface area is 92.9 Å². The fourth-order valence-corrected chi connectivity index (χ4v) is 1.87. The fraction of sp³-hybridized carbons (Fsp3) is 0.417. The Morgan fingerprint density at radius 1 is 1.31 bits per heavy atom. The highest BCUT2D eigenvalue weighted by molar-refractivity contribution is 5.94. The molecule has 1 aromatic rings. The highest BCUT2D eigenvalue weighted by Gasteiger charge is 2.32. The van der Waals surface area contributed by atoms with E-state index in [1.54, 1.807) is 6.92 Å². The van der Waals surface area contributed by atoms with Gasteiger partial charge in [0.2, 0.25) is 0 Å². The van der Waals surface area contributed by atoms with Crippen molar-refractivity contribution in [2.75, 3.05) is 13.1 Å². The molecular formula is C12H13F2NO. The molecule has 1 amide bonds. The molecule has 2 rings (SSSR count). The minimum absolute atomic E-state index is 0.121. The van der Waals surface area contributed by atoms with Crippen LogP contribution in [0.4, 0.5) is 8.78 Å². The molecule has 1 heterocycles. The van der Waals surface area contributed by atoms with Crippen molar-refractivity contribution in [1.82, 2.24) is 4.90 Å². The van der Waals surface area contributed by atoms with E-state index in [-0.39, 0.29) is 24.2 Å². The molecule has 1 aliphatic heterocycles. The average Bonchev–Trinajstić information content (AvgIpc) is 2.59. The number of carbonyl (C=O) groups is 1. The minimum Gasteiger partial charge on any atom is -0.335 e. The normalized spacial score (nSPS) is 24.8. The largest absolute Gasteiger partial charge is 0.335 e. The number of likely N-dealkylation sites (tertiary alicyclic amines) is 1. The molecule has 0 aromatic heterocycles. The molecule has 1 saturated heterocycles. The summed E-state index contributed by atoms with van der Waals surface area (Å²) in [4.78, 5) is 13.4. The van der Waals surface area contributed by atoms with Crippen LogP contribution in [0.1, 0.15) is 17.3 Å². The van der Waals surface area contributed by atoms with Crippen LogP contribution in [0.3, 0.4) is 0 Å². The van der Waals surface area contributed by atoms with Crippen LogP contribution in [0.2, 0.25) is 0 Å². The molecule has 2 nitrogen and oxygen atoms in total. The van der Waals surface area contributed by atoms with Crippen LogP contribution in [0.5, 0.6) is 0 Å². The summed E-state index contributed by atoms with van der Waals surface area (Å²) in [6, 6.07) is 5.32. The van der Waals surface area contributed by atoms with Crippen molar-refractivity contribution in [3.05, 3.63) is 35.6 Å². The van der Waals surface area contributed by atoms with Gasteiger partial charge in [0.25, 0.3) is 5.91 Å². The smallest absolute Gasteiger partial charge is 0.253 e. The van der Waals surface area contributed by atoms with Crippen LogP contribution in [0.15, 0.2) is 24.3 Å². The molecule has 86 valence electrons. The van der Waals surface area contributed by atoms with Crippen molar-refractivity contribution in [2.24, 2.45) is 5.92 Å². The first-order valence-corrected chi connectivity index (χ1v) is 5.27. The molecule has 0 saturated carbocycles. The summed E-state index contributed by atoms with van der Waals surface area (Å²) < 4.78 is 25.9. The molecule has 0 bridgehead atoms. The van der Waals surface area contributed by atoms with E-state index in [0.29, 0.717) is 12.1 Å². The number of alkyl halides is 1. The lowest BCUT2D eigenvalue weighted by molar-refractivity contribution is 0.0781. The Kier molecular flexibility index (Phi) is 2.90. The minimum atomic E-state index is -0.954. The van der Waals surface area contributed by atoms with Crippen molar-refractivity contribution in [2.45, 2.75) is 13.1 Å². The van der Waals surface area contributed by atoms with E-state index >= 15 is 0 Å². The molecule has 1 aliphatic rings. The molecule has 1 fully saturated rings. The van der Waals surface area contributed by atoms with E-state index in [9.17, 15) is 13.6 Å². The Balaban J connectivity index is 2.11. The van der Waals surface area contributed by atoms with Gasteiger partial charge in [-0.05, 0) is 24.3 Å². The van der Waals surface area contributed by atoms with E-state index in [4.69, 9.17) is 0 Å². The maximum absolute atomic E-state index is 13.3. The summed E-state index contributed by atoms with van der Waals surface area (Å²) in [6.45, 7) is 2.34. The summed E-state index contributed by atoms with van der Waals surface area (Å²) in [5.41, 5.74) is 0.405. The highest BCUT2D eigenvalue weighted by atomic mass is 19.1. The molecule has 16 heavy (non-hydrogen) atoms. The third-order valence-corrected chi connectivity index (χ3v) is 2.90. The zero-order valence-corrected chi connectivity index (χ0v) is 8.99. The van der Waals surface area contributed by atoms with Gasteiger partial charge in [-0.2, -0.15) is 0 Å². The van der Waals surface area contributed by atoms with Gasteiger partial charge in [0, 0.05) is 18.0 Å². The van der Waals surface area contributed by atoms with Gasteiger partial charge < -0.3 is 4.90 Å². The Morgan fingerprint density at radius 2 is 1.94 bits per heavy atom. The SMILES string of the molecule is C[C@@H]1CN(C(=O)c2ccc(F)cc2)C[C@@H]1F. The predicted molar refractivity (Wildman–Crippen MR) is 56.4 cm³/mol. The van der Waals surface area contributed by atoms with Crippen molar-refractivity contribution in [3.63, 3.8) is 0 Å². The summed E-state index contributed by atoms with van der Waals surface area (Å²) >= 11 is 0. The van der Waals surface area contributed by atoms with Crippen LogP contribution in [0, 0.1) is 11.7 Å². The summed E-state index contributed by atoms with van der Waals surface area (Å²) in [6.07, 6.45) is -0.954. The molecule has 0 N–H and O–H groups in total. The monoisotopic (exact) mass is 225 g/mol. The van der Waals surface area contributed by atoms with Gasteiger partial charge in [-0.1, -0.05) is 6.92 Å². The number of hydrogen-bond acceptors (Lipinski definition) is 1. The van der Waals surface area contributed by atoms with Crippen LogP contribution in [-0.2, 0) is 0 Å². The Bertz CT molecular complexity index is 381. The number of nitrogens with zero attached hydrogens (tertiary/aromatic N) is 1. The third kappa shape index (κ3) is 2.05. The van der Waals surface area contributed by atoms with Crippen molar-refractivity contribution < 1.29 is 13.6 Å². The lowest BCUT2D eigenvalue weighted by Gasteiger charge is -2.15. The lowest BCUT2D eigenvalue weighted by atomic mass is 10.1. The number of benzene rings is 1. The number of carbonyl (C=O) groups excluding carboxylic acids is 1. The van der Waals surface area contributed by atoms with Gasteiger partial charge >= 0.3 is 0 Å². The lowest BCUT2D eigenvalue weighted by Crippen LogP contribution is -2.29. The molecule has 4 heteroatoms. The molecule has 2 atom stereocenters. The van der Waals surface area contributed by atoms with Crippen LogP contribution < -0.4 is 0 Å². The van der Waals surface area contributed by atoms with Gasteiger partial charge in [-0.3, -0.25) is 4.79 Å². The van der Waals surface area contributed by atoms with Gasteiger partial charge in [0.1, 0.15) is 12.0 Å². The van der Waals surface area contributed by atoms with E-state index in [2.05, 4.69) is 0 Å². The molecular weight excluding hydrogens is 212 g/mol. The van der Waals surface area contributed by atoms with E-state index in [0.717, 1.165) is 0 Å². The Morgan fingerprint density at radius 3 is 2.44 bits per heavy atom. The second kappa shape index (κ2) is 4.20. The maximum Gasteiger partial charge on any atom is 0.253 e.